The van der Waals surface area contributed by atoms with E-state index in [1.165, 1.54) is 0 Å². The largest absolute Gasteiger partial charge is 0.395 e. The molecular formula is C5H15NO4S. The Morgan fingerprint density at radius 3 is 1.82 bits per heavy atom. The Morgan fingerprint density at radius 2 is 1.82 bits per heavy atom. The van der Waals surface area contributed by atoms with Gasteiger partial charge in [-0.2, -0.15) is 8.42 Å². The topological polar surface area (TPSA) is 101 Å². The van der Waals surface area contributed by atoms with Crippen LogP contribution in [-0.2, 0) is 10.1 Å². The first kappa shape index (κ1) is 13.4. The van der Waals surface area contributed by atoms with Crippen molar-refractivity contribution in [1.29, 1.82) is 0 Å². The summed E-state index contributed by atoms with van der Waals surface area (Å²) in [4.78, 5) is 0. The van der Waals surface area contributed by atoms with Crippen LogP contribution in [0.15, 0.2) is 0 Å². The SMILES string of the molecule is CCCN.O=S(=O)(O)CCO. The second-order valence-electron chi connectivity index (χ2n) is 1.80. The van der Waals surface area contributed by atoms with Crippen molar-refractivity contribution in [3.05, 3.63) is 0 Å². The molecule has 11 heavy (non-hydrogen) atoms. The molecule has 0 amide bonds. The fraction of sp³-hybridized carbons (Fsp3) is 1.00. The molecular weight excluding hydrogens is 170 g/mol. The van der Waals surface area contributed by atoms with Gasteiger partial charge in [-0.05, 0) is 13.0 Å². The van der Waals surface area contributed by atoms with E-state index in [-0.39, 0.29) is 0 Å². The smallest absolute Gasteiger partial charge is 0.267 e. The van der Waals surface area contributed by atoms with E-state index in [1.54, 1.807) is 0 Å². The molecule has 70 valence electrons. The molecule has 0 heterocycles. The molecule has 5 nitrogen and oxygen atoms in total. The Bertz CT molecular complexity index is 152. The molecule has 0 fully saturated rings. The summed E-state index contributed by atoms with van der Waals surface area (Å²) in [5, 5.41) is 7.86. The average molecular weight is 185 g/mol. The lowest BCUT2D eigenvalue weighted by molar-refractivity contribution is 0.315. The monoisotopic (exact) mass is 185 g/mol. The third-order valence-electron chi connectivity index (χ3n) is 0.638. The van der Waals surface area contributed by atoms with Crippen molar-refractivity contribution in [2.45, 2.75) is 13.3 Å². The summed E-state index contributed by atoms with van der Waals surface area (Å²) >= 11 is 0. The minimum atomic E-state index is -3.92. The Balaban J connectivity index is 0. The van der Waals surface area contributed by atoms with E-state index in [4.69, 9.17) is 15.4 Å². The van der Waals surface area contributed by atoms with Gasteiger partial charge in [0.2, 0.25) is 0 Å². The van der Waals surface area contributed by atoms with E-state index < -0.39 is 22.5 Å². The fourth-order valence-corrected chi connectivity index (χ4v) is 0.346. The summed E-state index contributed by atoms with van der Waals surface area (Å²) in [6.45, 7) is 2.35. The normalized spacial score (nSPS) is 10.2. The van der Waals surface area contributed by atoms with Crippen LogP contribution in [0.25, 0.3) is 0 Å². The molecule has 0 unspecified atom stereocenters. The van der Waals surface area contributed by atoms with Crippen LogP contribution in [0.2, 0.25) is 0 Å². The van der Waals surface area contributed by atoms with E-state index in [9.17, 15) is 8.42 Å². The second-order valence-corrected chi connectivity index (χ2v) is 3.37. The van der Waals surface area contributed by atoms with Gasteiger partial charge in [0.05, 0.1) is 12.4 Å². The first-order chi connectivity index (χ1) is 4.97. The Hall–Kier alpha value is -0.170. The maximum atomic E-state index is 9.63. The molecule has 0 aromatic rings. The van der Waals surface area contributed by atoms with E-state index in [0.717, 1.165) is 13.0 Å². The number of hydrogen-bond donors (Lipinski definition) is 3. The van der Waals surface area contributed by atoms with Gasteiger partial charge in [0, 0.05) is 0 Å². The number of hydrogen-bond acceptors (Lipinski definition) is 4. The summed E-state index contributed by atoms with van der Waals surface area (Å²) < 4.78 is 27.1. The van der Waals surface area contributed by atoms with Crippen LogP contribution in [0.5, 0.6) is 0 Å². The minimum absolute atomic E-state index is 0.529. The van der Waals surface area contributed by atoms with Crippen molar-refractivity contribution in [3.8, 4) is 0 Å². The predicted octanol–water partition coefficient (Wildman–Crippen LogP) is -0.778. The van der Waals surface area contributed by atoms with Crippen molar-refractivity contribution >= 4 is 10.1 Å². The maximum absolute atomic E-state index is 9.63. The van der Waals surface area contributed by atoms with Crippen LogP contribution in [0, 0.1) is 0 Å². The van der Waals surface area contributed by atoms with Crippen LogP contribution >= 0.6 is 0 Å². The third kappa shape index (κ3) is 25.8. The lowest BCUT2D eigenvalue weighted by atomic mass is 10.5. The van der Waals surface area contributed by atoms with Crippen LogP contribution in [0.4, 0.5) is 0 Å². The molecule has 0 bridgehead atoms. The number of rotatable bonds is 3. The molecule has 0 saturated heterocycles. The van der Waals surface area contributed by atoms with Crippen LogP contribution < -0.4 is 5.73 Å². The number of aliphatic hydroxyl groups excluding tert-OH is 1. The Kier molecular flexibility index (Phi) is 9.68. The van der Waals surface area contributed by atoms with Gasteiger partial charge in [0.15, 0.2) is 0 Å². The summed E-state index contributed by atoms with van der Waals surface area (Å²) in [6, 6.07) is 0. The molecule has 0 radical (unpaired) electrons. The van der Waals surface area contributed by atoms with Gasteiger partial charge in [-0.25, -0.2) is 0 Å². The molecule has 0 aliphatic carbocycles. The quantitative estimate of drug-likeness (QED) is 0.501. The number of aliphatic hydroxyl groups is 1. The maximum Gasteiger partial charge on any atom is 0.267 e. The van der Waals surface area contributed by atoms with Crippen molar-refractivity contribution < 1.29 is 18.1 Å². The number of nitrogens with two attached hydrogens (primary N) is 1. The van der Waals surface area contributed by atoms with Crippen molar-refractivity contribution in [2.24, 2.45) is 5.73 Å². The molecule has 0 aromatic heterocycles. The second kappa shape index (κ2) is 7.93. The molecule has 4 N–H and O–H groups in total. The van der Waals surface area contributed by atoms with Gasteiger partial charge in [-0.1, -0.05) is 6.92 Å². The van der Waals surface area contributed by atoms with E-state index >= 15 is 0 Å². The molecule has 0 spiro atoms. The van der Waals surface area contributed by atoms with Crippen LogP contribution in [0.1, 0.15) is 13.3 Å². The molecule has 0 aliphatic heterocycles. The minimum Gasteiger partial charge on any atom is -0.395 e. The van der Waals surface area contributed by atoms with Gasteiger partial charge in [-0.15, -0.1) is 0 Å². The van der Waals surface area contributed by atoms with E-state index in [0.29, 0.717) is 0 Å². The molecule has 0 aliphatic rings. The van der Waals surface area contributed by atoms with Crippen molar-refractivity contribution in [1.82, 2.24) is 0 Å². The first-order valence-corrected chi connectivity index (χ1v) is 4.85. The predicted molar refractivity (Wildman–Crippen MR) is 42.8 cm³/mol. The van der Waals surface area contributed by atoms with E-state index in [2.05, 4.69) is 6.92 Å². The summed E-state index contributed by atoms with van der Waals surface area (Å²) in [7, 11) is -3.92. The summed E-state index contributed by atoms with van der Waals surface area (Å²) in [6.07, 6.45) is 1.10. The lowest BCUT2D eigenvalue weighted by Crippen LogP contribution is -2.06. The molecule has 0 rings (SSSR count). The summed E-state index contributed by atoms with van der Waals surface area (Å²) in [5.41, 5.74) is 5.03. The van der Waals surface area contributed by atoms with Gasteiger partial charge >= 0.3 is 0 Å². The Morgan fingerprint density at radius 1 is 1.45 bits per heavy atom. The molecule has 0 atom stereocenters. The highest BCUT2D eigenvalue weighted by atomic mass is 32.2. The van der Waals surface area contributed by atoms with Gasteiger partial charge in [0.25, 0.3) is 10.1 Å². The highest BCUT2D eigenvalue weighted by molar-refractivity contribution is 7.85. The highest BCUT2D eigenvalue weighted by Crippen LogP contribution is 1.75. The molecule has 0 aromatic carbocycles. The van der Waals surface area contributed by atoms with Crippen molar-refractivity contribution in [2.75, 3.05) is 18.9 Å². The zero-order chi connectivity index (χ0) is 9.33. The summed E-state index contributed by atoms with van der Waals surface area (Å²) in [5.74, 6) is -0.576. The van der Waals surface area contributed by atoms with E-state index in [1.807, 2.05) is 0 Å². The fourth-order valence-electron chi connectivity index (χ4n) is 0.115. The zero-order valence-corrected chi connectivity index (χ0v) is 7.34. The lowest BCUT2D eigenvalue weighted by Gasteiger charge is -1.85. The standard InChI is InChI=1S/C3H9N.C2H6O4S/c1-2-3-4;3-1-2-7(4,5)6/h2-4H2,1H3;3H,1-2H2,(H,4,5,6). The highest BCUT2D eigenvalue weighted by Gasteiger charge is 1.99. The molecule has 6 heteroatoms. The Labute approximate surface area is 67.0 Å². The van der Waals surface area contributed by atoms with Gasteiger partial charge < -0.3 is 10.8 Å². The van der Waals surface area contributed by atoms with Gasteiger partial charge in [-0.3, -0.25) is 4.55 Å². The average Bonchev–Trinajstić information content (AvgIpc) is 1.86. The van der Waals surface area contributed by atoms with Crippen LogP contribution in [0.3, 0.4) is 0 Å². The first-order valence-electron chi connectivity index (χ1n) is 3.24. The van der Waals surface area contributed by atoms with Gasteiger partial charge in [0.1, 0.15) is 0 Å². The zero-order valence-electron chi connectivity index (χ0n) is 6.52. The molecule has 0 saturated carbocycles. The van der Waals surface area contributed by atoms with Crippen LogP contribution in [-0.4, -0.2) is 37.0 Å². The van der Waals surface area contributed by atoms with Crippen molar-refractivity contribution in [3.63, 3.8) is 0 Å². The third-order valence-corrected chi connectivity index (χ3v) is 1.34.